The van der Waals surface area contributed by atoms with Gasteiger partial charge in [-0.2, -0.15) is 4.98 Å². The molecule has 7 heteroatoms. The normalized spacial score (nSPS) is 11.7. The van der Waals surface area contributed by atoms with E-state index in [0.29, 0.717) is 29.6 Å². The fraction of sp³-hybridized carbons (Fsp3) is 0.286. The number of aryl methyl sites for hydroxylation is 1. The largest absolute Gasteiger partial charge is 0.493 e. The van der Waals surface area contributed by atoms with Crippen LogP contribution in [0.2, 0.25) is 0 Å². The smallest absolute Gasteiger partial charge is 0.227 e. The van der Waals surface area contributed by atoms with Gasteiger partial charge in [-0.15, -0.1) is 0 Å². The summed E-state index contributed by atoms with van der Waals surface area (Å²) in [6.45, 7) is 1.95. The van der Waals surface area contributed by atoms with Crippen molar-refractivity contribution >= 4 is 5.91 Å². The van der Waals surface area contributed by atoms with E-state index in [4.69, 9.17) is 14.0 Å². The highest BCUT2D eigenvalue weighted by Crippen LogP contribution is 2.31. The molecule has 0 fully saturated rings. The van der Waals surface area contributed by atoms with E-state index in [9.17, 15) is 4.79 Å². The summed E-state index contributed by atoms with van der Waals surface area (Å²) in [4.78, 5) is 16.6. The molecule has 3 rings (SSSR count). The van der Waals surface area contributed by atoms with Crippen molar-refractivity contribution in [2.45, 2.75) is 25.8 Å². The summed E-state index contributed by atoms with van der Waals surface area (Å²) in [6.07, 6.45) is 0.637. The zero-order valence-electron chi connectivity index (χ0n) is 16.1. The molecule has 0 saturated heterocycles. The van der Waals surface area contributed by atoms with Gasteiger partial charge in [0.2, 0.25) is 17.6 Å². The summed E-state index contributed by atoms with van der Waals surface area (Å²) >= 11 is 0. The number of rotatable bonds is 8. The SMILES string of the molecule is COc1ccc(-c2noc(CCC(=O)NC(C)c3ccccc3)n2)cc1OC. The number of carbonyl (C=O) groups excluding carboxylic acids is 1. The lowest BCUT2D eigenvalue weighted by Gasteiger charge is -2.13. The van der Waals surface area contributed by atoms with Crippen LogP contribution in [-0.2, 0) is 11.2 Å². The lowest BCUT2D eigenvalue weighted by molar-refractivity contribution is -0.121. The van der Waals surface area contributed by atoms with Gasteiger partial charge in [-0.05, 0) is 30.7 Å². The van der Waals surface area contributed by atoms with Crippen LogP contribution >= 0.6 is 0 Å². The number of aromatic nitrogens is 2. The third-order valence-corrected chi connectivity index (χ3v) is 4.35. The van der Waals surface area contributed by atoms with Crippen LogP contribution in [0.3, 0.4) is 0 Å². The second-order valence-electron chi connectivity index (χ2n) is 6.28. The summed E-state index contributed by atoms with van der Waals surface area (Å²) < 4.78 is 15.8. The van der Waals surface area contributed by atoms with Gasteiger partial charge in [0, 0.05) is 18.4 Å². The van der Waals surface area contributed by atoms with Gasteiger partial charge in [0.25, 0.3) is 0 Å². The van der Waals surface area contributed by atoms with Crippen LogP contribution in [0.4, 0.5) is 0 Å². The Morgan fingerprint density at radius 3 is 2.57 bits per heavy atom. The molecular weight excluding hydrogens is 358 g/mol. The second kappa shape index (κ2) is 9.03. The first-order chi connectivity index (χ1) is 13.6. The Morgan fingerprint density at radius 2 is 1.86 bits per heavy atom. The molecule has 1 atom stereocenters. The lowest BCUT2D eigenvalue weighted by atomic mass is 10.1. The third kappa shape index (κ3) is 4.68. The Balaban J connectivity index is 1.58. The lowest BCUT2D eigenvalue weighted by Crippen LogP contribution is -2.26. The number of carbonyl (C=O) groups is 1. The highest BCUT2D eigenvalue weighted by atomic mass is 16.5. The molecule has 0 aliphatic rings. The van der Waals surface area contributed by atoms with E-state index in [1.54, 1.807) is 26.4 Å². The summed E-state index contributed by atoms with van der Waals surface area (Å²) in [6, 6.07) is 15.1. The van der Waals surface area contributed by atoms with Gasteiger partial charge in [-0.25, -0.2) is 0 Å². The van der Waals surface area contributed by atoms with Gasteiger partial charge in [0.1, 0.15) is 0 Å². The Morgan fingerprint density at radius 1 is 1.11 bits per heavy atom. The molecule has 0 radical (unpaired) electrons. The standard InChI is InChI=1S/C21H23N3O4/c1-14(15-7-5-4-6-8-15)22-19(25)11-12-20-23-21(24-28-20)16-9-10-17(26-2)18(13-16)27-3/h4-10,13-14H,11-12H2,1-3H3,(H,22,25). The van der Waals surface area contributed by atoms with E-state index in [0.717, 1.165) is 11.1 Å². The van der Waals surface area contributed by atoms with Crippen molar-refractivity contribution in [3.05, 3.63) is 60.0 Å². The first kappa shape index (κ1) is 19.4. The highest BCUT2D eigenvalue weighted by Gasteiger charge is 2.14. The Labute approximate surface area is 163 Å². The van der Waals surface area contributed by atoms with Crippen molar-refractivity contribution in [3.8, 4) is 22.9 Å². The van der Waals surface area contributed by atoms with E-state index in [1.165, 1.54) is 0 Å². The Hall–Kier alpha value is -3.35. The minimum atomic E-state index is -0.0674. The maximum absolute atomic E-state index is 12.2. The van der Waals surface area contributed by atoms with Gasteiger partial charge in [-0.1, -0.05) is 35.5 Å². The van der Waals surface area contributed by atoms with Crippen LogP contribution in [0.15, 0.2) is 53.1 Å². The van der Waals surface area contributed by atoms with Crippen molar-refractivity contribution in [2.75, 3.05) is 14.2 Å². The quantitative estimate of drug-likeness (QED) is 0.642. The molecule has 1 N–H and O–H groups in total. The van der Waals surface area contributed by atoms with E-state index in [2.05, 4.69) is 15.5 Å². The minimum Gasteiger partial charge on any atom is -0.493 e. The van der Waals surface area contributed by atoms with E-state index >= 15 is 0 Å². The van der Waals surface area contributed by atoms with Gasteiger partial charge in [0.15, 0.2) is 11.5 Å². The van der Waals surface area contributed by atoms with Crippen molar-refractivity contribution in [3.63, 3.8) is 0 Å². The van der Waals surface area contributed by atoms with Gasteiger partial charge in [0.05, 0.1) is 20.3 Å². The van der Waals surface area contributed by atoms with Crippen molar-refractivity contribution in [1.82, 2.24) is 15.5 Å². The van der Waals surface area contributed by atoms with Crippen LogP contribution in [0.25, 0.3) is 11.4 Å². The molecule has 3 aromatic rings. The number of hydrogen-bond donors (Lipinski definition) is 1. The zero-order valence-corrected chi connectivity index (χ0v) is 16.1. The molecular formula is C21H23N3O4. The summed E-state index contributed by atoms with van der Waals surface area (Å²) in [5.74, 6) is 1.99. The van der Waals surface area contributed by atoms with Crippen LogP contribution < -0.4 is 14.8 Å². The maximum atomic E-state index is 12.2. The fourth-order valence-corrected chi connectivity index (χ4v) is 2.81. The molecule has 7 nitrogen and oxygen atoms in total. The summed E-state index contributed by atoms with van der Waals surface area (Å²) in [7, 11) is 3.14. The van der Waals surface area contributed by atoms with E-state index < -0.39 is 0 Å². The third-order valence-electron chi connectivity index (χ3n) is 4.35. The van der Waals surface area contributed by atoms with Gasteiger partial charge in [-0.3, -0.25) is 4.79 Å². The molecule has 1 unspecified atom stereocenters. The summed E-state index contributed by atoms with van der Waals surface area (Å²) in [5, 5.41) is 6.96. The molecule has 146 valence electrons. The van der Waals surface area contributed by atoms with Crippen LogP contribution in [0, 0.1) is 0 Å². The number of methoxy groups -OCH3 is 2. The Bertz CT molecular complexity index is 924. The monoisotopic (exact) mass is 381 g/mol. The van der Waals surface area contributed by atoms with Crippen LogP contribution in [0.5, 0.6) is 11.5 Å². The summed E-state index contributed by atoms with van der Waals surface area (Å²) in [5.41, 5.74) is 1.80. The molecule has 1 amide bonds. The van der Waals surface area contributed by atoms with Crippen LogP contribution in [0.1, 0.15) is 30.8 Å². The number of benzene rings is 2. The van der Waals surface area contributed by atoms with Gasteiger partial charge < -0.3 is 19.3 Å². The van der Waals surface area contributed by atoms with Gasteiger partial charge >= 0.3 is 0 Å². The first-order valence-corrected chi connectivity index (χ1v) is 9.00. The van der Waals surface area contributed by atoms with E-state index in [1.807, 2.05) is 43.3 Å². The molecule has 0 bridgehead atoms. The zero-order chi connectivity index (χ0) is 19.9. The first-order valence-electron chi connectivity index (χ1n) is 9.00. The van der Waals surface area contributed by atoms with Crippen LogP contribution in [-0.4, -0.2) is 30.3 Å². The predicted molar refractivity (Wildman–Crippen MR) is 104 cm³/mol. The average molecular weight is 381 g/mol. The Kier molecular flexibility index (Phi) is 6.26. The highest BCUT2D eigenvalue weighted by molar-refractivity contribution is 5.76. The van der Waals surface area contributed by atoms with Crippen molar-refractivity contribution < 1.29 is 18.8 Å². The molecule has 2 aromatic carbocycles. The predicted octanol–water partition coefficient (Wildman–Crippen LogP) is 3.56. The van der Waals surface area contributed by atoms with Crippen molar-refractivity contribution in [1.29, 1.82) is 0 Å². The molecule has 0 saturated carbocycles. The maximum Gasteiger partial charge on any atom is 0.227 e. The van der Waals surface area contributed by atoms with Crippen molar-refractivity contribution in [2.24, 2.45) is 0 Å². The fourth-order valence-electron chi connectivity index (χ4n) is 2.81. The molecule has 1 heterocycles. The number of nitrogens with one attached hydrogen (secondary N) is 1. The molecule has 0 spiro atoms. The molecule has 0 aliphatic heterocycles. The molecule has 0 aliphatic carbocycles. The minimum absolute atomic E-state index is 0.0567. The average Bonchev–Trinajstić information content (AvgIpc) is 3.21. The number of ether oxygens (including phenoxy) is 2. The molecule has 1 aromatic heterocycles. The molecule has 28 heavy (non-hydrogen) atoms. The number of hydrogen-bond acceptors (Lipinski definition) is 6. The topological polar surface area (TPSA) is 86.5 Å². The van der Waals surface area contributed by atoms with E-state index in [-0.39, 0.29) is 18.4 Å². The second-order valence-corrected chi connectivity index (χ2v) is 6.28. The number of nitrogens with zero attached hydrogens (tertiary/aromatic N) is 2. The number of amides is 1.